The van der Waals surface area contributed by atoms with E-state index in [-0.39, 0.29) is 26.2 Å². The Morgan fingerprint density at radius 2 is 1.40 bits per heavy atom. The van der Waals surface area contributed by atoms with Crippen LogP contribution < -0.4 is 5.32 Å². The van der Waals surface area contributed by atoms with E-state index in [0.717, 1.165) is 16.7 Å². The van der Waals surface area contributed by atoms with Gasteiger partial charge in [0.1, 0.15) is 18.7 Å². The molecule has 0 aliphatic carbocycles. The molecule has 9 heteroatoms. The van der Waals surface area contributed by atoms with E-state index >= 15 is 0 Å². The first-order valence-corrected chi connectivity index (χ1v) is 14.5. The minimum absolute atomic E-state index is 0.0255. The van der Waals surface area contributed by atoms with Gasteiger partial charge in [-0.15, -0.1) is 0 Å². The molecule has 3 aromatic rings. The number of rotatable bonds is 13. The summed E-state index contributed by atoms with van der Waals surface area (Å²) in [5.74, 6) is -2.61. The van der Waals surface area contributed by atoms with Crippen molar-refractivity contribution in [3.05, 3.63) is 108 Å². The van der Waals surface area contributed by atoms with Crippen molar-refractivity contribution in [3.63, 3.8) is 0 Å². The molecule has 43 heavy (non-hydrogen) atoms. The fourth-order valence-electron chi connectivity index (χ4n) is 4.93. The topological polar surface area (TPSA) is 111 Å². The van der Waals surface area contributed by atoms with Gasteiger partial charge in [0, 0.05) is 13.0 Å². The second-order valence-corrected chi connectivity index (χ2v) is 10.5. The molecule has 3 aromatic carbocycles. The Bertz CT molecular complexity index is 1370. The highest BCUT2D eigenvalue weighted by atomic mass is 16.6. The number of likely N-dealkylation sites (tertiary alicyclic amines) is 1. The van der Waals surface area contributed by atoms with Gasteiger partial charge in [0.25, 0.3) is 5.91 Å². The average Bonchev–Trinajstić information content (AvgIpc) is 3.53. The molecule has 1 N–H and O–H groups in total. The summed E-state index contributed by atoms with van der Waals surface area (Å²) in [6.45, 7) is 3.43. The predicted molar refractivity (Wildman–Crippen MR) is 159 cm³/mol. The van der Waals surface area contributed by atoms with Crippen LogP contribution in [0.25, 0.3) is 0 Å². The Kier molecular flexibility index (Phi) is 11.0. The molecule has 0 bridgehead atoms. The molecule has 0 saturated carbocycles. The van der Waals surface area contributed by atoms with Crippen molar-refractivity contribution >= 4 is 23.8 Å². The molecule has 4 rings (SSSR count). The number of esters is 2. The maximum atomic E-state index is 14.0. The van der Waals surface area contributed by atoms with Crippen LogP contribution in [0.4, 0.5) is 0 Å². The van der Waals surface area contributed by atoms with E-state index < -0.39 is 41.4 Å². The number of carbonyl (C=O) groups excluding carboxylic acids is 4. The van der Waals surface area contributed by atoms with Crippen LogP contribution in [-0.2, 0) is 53.0 Å². The monoisotopic (exact) mass is 586 g/mol. The molecule has 0 unspecified atom stereocenters. The van der Waals surface area contributed by atoms with E-state index in [9.17, 15) is 19.2 Å². The third kappa shape index (κ3) is 8.29. The SMILES string of the molecule is CCOC(=O)[C@](C)(OCc1ccccc1)C(=O)N[C@@H](Cc1ccccc1)C(=O)N1CCC[C@H]1C(=O)OCc1ccccc1. The van der Waals surface area contributed by atoms with E-state index in [1.165, 1.54) is 11.8 Å². The summed E-state index contributed by atoms with van der Waals surface area (Å²) in [6, 6.07) is 25.8. The molecule has 3 atom stereocenters. The van der Waals surface area contributed by atoms with E-state index in [1.54, 1.807) is 6.92 Å². The Balaban J connectivity index is 1.54. The number of hydrogen-bond donors (Lipinski definition) is 1. The molecular weight excluding hydrogens is 548 g/mol. The van der Waals surface area contributed by atoms with Crippen LogP contribution in [0, 0.1) is 0 Å². The number of nitrogens with zero attached hydrogens (tertiary/aromatic N) is 1. The van der Waals surface area contributed by atoms with Gasteiger partial charge >= 0.3 is 11.9 Å². The Morgan fingerprint density at radius 3 is 1.98 bits per heavy atom. The fourth-order valence-corrected chi connectivity index (χ4v) is 4.93. The third-order valence-electron chi connectivity index (χ3n) is 7.39. The minimum Gasteiger partial charge on any atom is -0.463 e. The molecule has 1 heterocycles. The van der Waals surface area contributed by atoms with E-state index in [0.29, 0.717) is 19.4 Å². The molecule has 1 fully saturated rings. The first-order chi connectivity index (χ1) is 20.8. The number of ether oxygens (including phenoxy) is 3. The standard InChI is InChI=1S/C34H38N2O7/c1-3-41-33(40)34(2,43-24-27-18-11-6-12-19-27)32(39)35-28(22-25-14-7-4-8-15-25)30(37)36-21-13-20-29(36)31(38)42-23-26-16-9-5-10-17-26/h4-12,14-19,28-29H,3,13,20-24H2,1-2H3,(H,35,39)/t28-,29-,34+/m0/s1. The van der Waals surface area contributed by atoms with E-state index in [4.69, 9.17) is 14.2 Å². The maximum absolute atomic E-state index is 14.0. The van der Waals surface area contributed by atoms with Crippen molar-refractivity contribution in [1.29, 1.82) is 0 Å². The van der Waals surface area contributed by atoms with E-state index in [1.807, 2.05) is 91.0 Å². The Labute approximate surface area is 252 Å². The number of nitrogens with one attached hydrogen (secondary N) is 1. The Morgan fingerprint density at radius 1 is 0.837 bits per heavy atom. The molecule has 226 valence electrons. The van der Waals surface area contributed by atoms with Crippen LogP contribution in [0.5, 0.6) is 0 Å². The van der Waals surface area contributed by atoms with Crippen molar-refractivity contribution in [2.45, 2.75) is 64.0 Å². The summed E-state index contributed by atoms with van der Waals surface area (Å²) in [4.78, 5) is 55.4. The summed E-state index contributed by atoms with van der Waals surface area (Å²) >= 11 is 0. The lowest BCUT2D eigenvalue weighted by Gasteiger charge is -2.31. The van der Waals surface area contributed by atoms with Gasteiger partial charge in [-0.3, -0.25) is 9.59 Å². The summed E-state index contributed by atoms with van der Waals surface area (Å²) in [5, 5.41) is 2.77. The summed E-state index contributed by atoms with van der Waals surface area (Å²) in [6.07, 6.45) is 1.21. The lowest BCUT2D eigenvalue weighted by Crippen LogP contribution is -2.59. The van der Waals surface area contributed by atoms with Gasteiger partial charge in [-0.2, -0.15) is 0 Å². The normalized spacial score (nSPS) is 16.5. The largest absolute Gasteiger partial charge is 0.463 e. The fraction of sp³-hybridized carbons (Fsp3) is 0.353. The van der Waals surface area contributed by atoms with Gasteiger partial charge < -0.3 is 24.4 Å². The predicted octanol–water partition coefficient (Wildman–Crippen LogP) is 3.99. The lowest BCUT2D eigenvalue weighted by molar-refractivity contribution is -0.178. The van der Waals surface area contributed by atoms with Gasteiger partial charge in [-0.1, -0.05) is 91.0 Å². The molecule has 1 aliphatic heterocycles. The van der Waals surface area contributed by atoms with Crippen molar-refractivity contribution < 1.29 is 33.4 Å². The van der Waals surface area contributed by atoms with Crippen LogP contribution in [-0.4, -0.2) is 59.5 Å². The lowest BCUT2D eigenvalue weighted by atomic mass is 10.0. The van der Waals surface area contributed by atoms with Crippen molar-refractivity contribution in [2.24, 2.45) is 0 Å². The zero-order chi connectivity index (χ0) is 30.7. The van der Waals surface area contributed by atoms with Crippen molar-refractivity contribution in [1.82, 2.24) is 10.2 Å². The average molecular weight is 587 g/mol. The van der Waals surface area contributed by atoms with Crippen LogP contribution in [0.2, 0.25) is 0 Å². The molecule has 0 spiro atoms. The molecule has 2 amide bonds. The molecular formula is C34H38N2O7. The summed E-state index contributed by atoms with van der Waals surface area (Å²) < 4.78 is 16.7. The molecule has 0 radical (unpaired) electrons. The number of benzene rings is 3. The van der Waals surface area contributed by atoms with Gasteiger partial charge in [0.15, 0.2) is 0 Å². The van der Waals surface area contributed by atoms with Crippen LogP contribution in [0.3, 0.4) is 0 Å². The van der Waals surface area contributed by atoms with Crippen LogP contribution in [0.1, 0.15) is 43.4 Å². The van der Waals surface area contributed by atoms with Crippen molar-refractivity contribution in [2.75, 3.05) is 13.2 Å². The first-order valence-electron chi connectivity index (χ1n) is 14.5. The number of carbonyl (C=O) groups is 4. The van der Waals surface area contributed by atoms with Gasteiger partial charge in [0.2, 0.25) is 11.5 Å². The summed E-state index contributed by atoms with van der Waals surface area (Å²) in [5.41, 5.74) is 0.373. The quantitative estimate of drug-likeness (QED) is 0.238. The van der Waals surface area contributed by atoms with Gasteiger partial charge in [-0.05, 0) is 43.4 Å². The number of amides is 2. The van der Waals surface area contributed by atoms with E-state index in [2.05, 4.69) is 5.32 Å². The Hall–Kier alpha value is -4.50. The first kappa shape index (κ1) is 31.4. The van der Waals surface area contributed by atoms with Crippen LogP contribution in [0.15, 0.2) is 91.0 Å². The third-order valence-corrected chi connectivity index (χ3v) is 7.39. The smallest absolute Gasteiger partial charge is 0.348 e. The minimum atomic E-state index is -2.03. The second-order valence-electron chi connectivity index (χ2n) is 10.5. The second kappa shape index (κ2) is 15.1. The zero-order valence-electron chi connectivity index (χ0n) is 24.6. The molecule has 1 aliphatic rings. The van der Waals surface area contributed by atoms with Gasteiger partial charge in [-0.25, -0.2) is 9.59 Å². The molecule has 9 nitrogen and oxygen atoms in total. The summed E-state index contributed by atoms with van der Waals surface area (Å²) in [7, 11) is 0. The van der Waals surface area contributed by atoms with Crippen molar-refractivity contribution in [3.8, 4) is 0 Å². The molecule has 1 saturated heterocycles. The zero-order valence-corrected chi connectivity index (χ0v) is 24.6. The highest BCUT2D eigenvalue weighted by Crippen LogP contribution is 2.23. The highest BCUT2D eigenvalue weighted by molar-refractivity contribution is 6.07. The maximum Gasteiger partial charge on any atom is 0.348 e. The highest BCUT2D eigenvalue weighted by Gasteiger charge is 2.47. The molecule has 0 aromatic heterocycles. The number of hydrogen-bond acceptors (Lipinski definition) is 7. The van der Waals surface area contributed by atoms with Crippen LogP contribution >= 0.6 is 0 Å². The van der Waals surface area contributed by atoms with Gasteiger partial charge in [0.05, 0.1) is 13.2 Å².